The molecule has 0 saturated carbocycles. The Bertz CT molecular complexity index is 616. The number of nitrogens with one attached hydrogen (secondary N) is 1. The highest BCUT2D eigenvalue weighted by molar-refractivity contribution is 7.91. The Balaban J connectivity index is 1.79. The second-order valence-corrected chi connectivity index (χ2v) is 7.69. The van der Waals surface area contributed by atoms with Crippen molar-refractivity contribution in [3.05, 3.63) is 24.3 Å². The molecule has 1 saturated heterocycles. The van der Waals surface area contributed by atoms with Crippen LogP contribution in [0.3, 0.4) is 0 Å². The van der Waals surface area contributed by atoms with Crippen molar-refractivity contribution in [1.29, 1.82) is 0 Å². The molecule has 0 spiro atoms. The first-order chi connectivity index (χ1) is 9.85. The Morgan fingerprint density at radius 1 is 1.48 bits per heavy atom. The first kappa shape index (κ1) is 15.8. The molecular formula is C14H21N3O3S. The largest absolute Gasteiger partial charge is 0.399 e. The van der Waals surface area contributed by atoms with E-state index in [1.54, 1.807) is 24.3 Å². The van der Waals surface area contributed by atoms with Crippen LogP contribution in [0.4, 0.5) is 11.4 Å². The topological polar surface area (TPSA) is 92.5 Å². The predicted molar refractivity (Wildman–Crippen MR) is 83.8 cm³/mol. The minimum absolute atomic E-state index is 0.0233. The molecule has 116 valence electrons. The maximum absolute atomic E-state index is 11.9. The average Bonchev–Trinajstić information content (AvgIpc) is 2.76. The molecule has 1 amide bonds. The van der Waals surface area contributed by atoms with Gasteiger partial charge in [-0.1, -0.05) is 6.07 Å². The summed E-state index contributed by atoms with van der Waals surface area (Å²) in [6, 6.07) is 7.03. The Morgan fingerprint density at radius 2 is 2.24 bits per heavy atom. The van der Waals surface area contributed by atoms with E-state index in [0.29, 0.717) is 30.8 Å². The average molecular weight is 311 g/mol. The number of anilines is 2. The number of sulfone groups is 1. The lowest BCUT2D eigenvalue weighted by Crippen LogP contribution is -2.35. The van der Waals surface area contributed by atoms with Gasteiger partial charge in [-0.3, -0.25) is 4.79 Å². The lowest BCUT2D eigenvalue weighted by Gasteiger charge is -2.22. The number of carbonyl (C=O) groups is 1. The van der Waals surface area contributed by atoms with Gasteiger partial charge in [0.15, 0.2) is 9.84 Å². The summed E-state index contributed by atoms with van der Waals surface area (Å²) in [7, 11) is -1.03. The molecule has 1 fully saturated rings. The number of nitrogen functional groups attached to an aromatic ring is 1. The van der Waals surface area contributed by atoms with Crippen LogP contribution in [-0.4, -0.2) is 50.4 Å². The summed E-state index contributed by atoms with van der Waals surface area (Å²) >= 11 is 0. The Labute approximate surface area is 125 Å². The van der Waals surface area contributed by atoms with Crippen LogP contribution in [0.25, 0.3) is 0 Å². The molecule has 0 aliphatic carbocycles. The number of hydrogen-bond donors (Lipinski definition) is 2. The minimum Gasteiger partial charge on any atom is -0.399 e. The zero-order valence-electron chi connectivity index (χ0n) is 12.1. The molecule has 1 atom stereocenters. The standard InChI is InChI=1S/C14H21N3O3S/c1-17(13-6-8-21(19,20)10-13)7-5-14(18)16-12-4-2-3-11(15)9-12/h2-4,9,13H,5-8,10,15H2,1H3,(H,16,18). The van der Waals surface area contributed by atoms with Crippen molar-refractivity contribution < 1.29 is 13.2 Å². The molecule has 0 radical (unpaired) electrons. The highest BCUT2D eigenvalue weighted by Crippen LogP contribution is 2.17. The van der Waals surface area contributed by atoms with Gasteiger partial charge in [0, 0.05) is 30.4 Å². The first-order valence-corrected chi connectivity index (χ1v) is 8.74. The lowest BCUT2D eigenvalue weighted by molar-refractivity contribution is -0.116. The lowest BCUT2D eigenvalue weighted by atomic mass is 10.2. The monoisotopic (exact) mass is 311 g/mol. The predicted octanol–water partition coefficient (Wildman–Crippen LogP) is 0.716. The smallest absolute Gasteiger partial charge is 0.225 e. The van der Waals surface area contributed by atoms with Crippen molar-refractivity contribution >= 4 is 27.1 Å². The Hall–Kier alpha value is -1.60. The summed E-state index contributed by atoms with van der Waals surface area (Å²) in [4.78, 5) is 13.8. The molecule has 1 aromatic carbocycles. The van der Waals surface area contributed by atoms with E-state index in [4.69, 9.17) is 5.73 Å². The van der Waals surface area contributed by atoms with E-state index in [1.165, 1.54) is 0 Å². The van der Waals surface area contributed by atoms with Crippen LogP contribution < -0.4 is 11.1 Å². The maximum atomic E-state index is 11.9. The highest BCUT2D eigenvalue weighted by atomic mass is 32.2. The fraction of sp³-hybridized carbons (Fsp3) is 0.500. The van der Waals surface area contributed by atoms with E-state index >= 15 is 0 Å². The normalized spacial score (nSPS) is 20.6. The van der Waals surface area contributed by atoms with Crippen LogP contribution in [0.1, 0.15) is 12.8 Å². The molecule has 1 aliphatic heterocycles. The molecular weight excluding hydrogens is 290 g/mol. The molecule has 3 N–H and O–H groups in total. The van der Waals surface area contributed by atoms with E-state index in [1.807, 2.05) is 11.9 Å². The van der Waals surface area contributed by atoms with Crippen molar-refractivity contribution in [2.75, 3.05) is 36.1 Å². The Kier molecular flexibility index (Phi) is 4.84. The van der Waals surface area contributed by atoms with Crippen LogP contribution in [0.2, 0.25) is 0 Å². The van der Waals surface area contributed by atoms with Gasteiger partial charge in [-0.15, -0.1) is 0 Å². The zero-order chi connectivity index (χ0) is 15.5. The zero-order valence-corrected chi connectivity index (χ0v) is 12.9. The van der Waals surface area contributed by atoms with E-state index in [0.717, 1.165) is 0 Å². The molecule has 0 aromatic heterocycles. The van der Waals surface area contributed by atoms with Gasteiger partial charge in [-0.25, -0.2) is 8.42 Å². The van der Waals surface area contributed by atoms with Crippen molar-refractivity contribution in [2.45, 2.75) is 18.9 Å². The van der Waals surface area contributed by atoms with Gasteiger partial charge < -0.3 is 16.0 Å². The number of hydrogen-bond acceptors (Lipinski definition) is 5. The number of amides is 1. The molecule has 1 aromatic rings. The molecule has 21 heavy (non-hydrogen) atoms. The van der Waals surface area contributed by atoms with Gasteiger partial charge in [0.05, 0.1) is 11.5 Å². The van der Waals surface area contributed by atoms with Gasteiger partial charge in [0.1, 0.15) is 0 Å². The molecule has 1 heterocycles. The first-order valence-electron chi connectivity index (χ1n) is 6.92. The van der Waals surface area contributed by atoms with Crippen molar-refractivity contribution in [3.63, 3.8) is 0 Å². The number of benzene rings is 1. The number of rotatable bonds is 5. The second-order valence-electron chi connectivity index (χ2n) is 5.46. The van der Waals surface area contributed by atoms with Crippen molar-refractivity contribution in [3.8, 4) is 0 Å². The SMILES string of the molecule is CN(CCC(=O)Nc1cccc(N)c1)C1CCS(=O)(=O)C1. The third-order valence-electron chi connectivity index (χ3n) is 3.69. The fourth-order valence-electron chi connectivity index (χ4n) is 2.42. The summed E-state index contributed by atoms with van der Waals surface area (Å²) in [6.45, 7) is 0.536. The van der Waals surface area contributed by atoms with Crippen LogP contribution in [0.15, 0.2) is 24.3 Å². The molecule has 1 unspecified atom stereocenters. The van der Waals surface area contributed by atoms with E-state index in [-0.39, 0.29) is 23.5 Å². The summed E-state index contributed by atoms with van der Waals surface area (Å²) in [5, 5.41) is 2.78. The third kappa shape index (κ3) is 4.71. The minimum atomic E-state index is -2.89. The summed E-state index contributed by atoms with van der Waals surface area (Å²) in [5.41, 5.74) is 6.92. The maximum Gasteiger partial charge on any atom is 0.225 e. The number of carbonyl (C=O) groups excluding carboxylic acids is 1. The molecule has 6 nitrogen and oxygen atoms in total. The number of nitrogens with two attached hydrogens (primary N) is 1. The fourth-order valence-corrected chi connectivity index (χ4v) is 4.23. The Morgan fingerprint density at radius 3 is 2.86 bits per heavy atom. The molecule has 2 rings (SSSR count). The van der Waals surface area contributed by atoms with Gasteiger partial charge in [0.25, 0.3) is 0 Å². The number of nitrogens with zero attached hydrogens (tertiary/aromatic N) is 1. The summed E-state index contributed by atoms with van der Waals surface area (Å²) in [6.07, 6.45) is 0.970. The van der Waals surface area contributed by atoms with Gasteiger partial charge >= 0.3 is 0 Å². The second kappa shape index (κ2) is 6.44. The summed E-state index contributed by atoms with van der Waals surface area (Å²) < 4.78 is 22.9. The molecule has 1 aliphatic rings. The summed E-state index contributed by atoms with van der Waals surface area (Å²) in [5.74, 6) is 0.339. The van der Waals surface area contributed by atoms with Gasteiger partial charge in [-0.05, 0) is 31.7 Å². The van der Waals surface area contributed by atoms with E-state index in [9.17, 15) is 13.2 Å². The molecule has 7 heteroatoms. The van der Waals surface area contributed by atoms with Gasteiger partial charge in [-0.2, -0.15) is 0 Å². The quantitative estimate of drug-likeness (QED) is 0.782. The van der Waals surface area contributed by atoms with Crippen LogP contribution >= 0.6 is 0 Å². The third-order valence-corrected chi connectivity index (χ3v) is 5.44. The van der Waals surface area contributed by atoms with Crippen LogP contribution in [-0.2, 0) is 14.6 Å². The van der Waals surface area contributed by atoms with Crippen molar-refractivity contribution in [1.82, 2.24) is 4.90 Å². The van der Waals surface area contributed by atoms with E-state index < -0.39 is 9.84 Å². The van der Waals surface area contributed by atoms with Crippen LogP contribution in [0, 0.1) is 0 Å². The molecule has 0 bridgehead atoms. The van der Waals surface area contributed by atoms with Gasteiger partial charge in [0.2, 0.25) is 5.91 Å². The highest BCUT2D eigenvalue weighted by Gasteiger charge is 2.30. The van der Waals surface area contributed by atoms with E-state index in [2.05, 4.69) is 5.32 Å². The van der Waals surface area contributed by atoms with Crippen molar-refractivity contribution in [2.24, 2.45) is 0 Å². The van der Waals surface area contributed by atoms with Crippen LogP contribution in [0.5, 0.6) is 0 Å².